The molecule has 2 nitrogen and oxygen atoms in total. The summed E-state index contributed by atoms with van der Waals surface area (Å²) < 4.78 is 0. The molecule has 1 aliphatic rings. The second-order valence-electron chi connectivity index (χ2n) is 4.86. The summed E-state index contributed by atoms with van der Waals surface area (Å²) in [4.78, 5) is 23.9. The third-order valence-corrected chi connectivity index (χ3v) is 4.53. The van der Waals surface area contributed by atoms with E-state index in [0.29, 0.717) is 10.8 Å². The van der Waals surface area contributed by atoms with Crippen molar-refractivity contribution in [2.24, 2.45) is 0 Å². The van der Waals surface area contributed by atoms with E-state index in [4.69, 9.17) is 0 Å². The van der Waals surface area contributed by atoms with Crippen LogP contribution in [0.2, 0.25) is 0 Å². The molecule has 0 aliphatic heterocycles. The van der Waals surface area contributed by atoms with E-state index < -0.39 is 0 Å². The van der Waals surface area contributed by atoms with E-state index in [2.05, 4.69) is 0 Å². The maximum atomic E-state index is 12.0. The van der Waals surface area contributed by atoms with Gasteiger partial charge in [0.25, 0.3) is 5.12 Å². The average molecular weight is 262 g/mol. The van der Waals surface area contributed by atoms with Crippen molar-refractivity contribution >= 4 is 22.7 Å². The maximum Gasteiger partial charge on any atom is 0.260 e. The van der Waals surface area contributed by atoms with Crippen LogP contribution in [0.1, 0.15) is 48.0 Å². The molecule has 96 valence electrons. The molecule has 1 saturated carbocycles. The summed E-state index contributed by atoms with van der Waals surface area (Å²) in [5.41, 5.74) is 1.60. The minimum Gasteiger partial charge on any atom is -0.284 e. The third-order valence-electron chi connectivity index (χ3n) is 3.33. The van der Waals surface area contributed by atoms with Gasteiger partial charge in [-0.3, -0.25) is 9.59 Å². The lowest BCUT2D eigenvalue weighted by Crippen LogP contribution is -2.17. The first-order chi connectivity index (χ1) is 8.66. The van der Waals surface area contributed by atoms with Gasteiger partial charge < -0.3 is 0 Å². The zero-order chi connectivity index (χ0) is 13.0. The Hall–Kier alpha value is -1.09. The molecular formula is C15H18O2S. The first-order valence-corrected chi connectivity index (χ1v) is 7.37. The summed E-state index contributed by atoms with van der Waals surface area (Å²) in [7, 11) is 0. The van der Waals surface area contributed by atoms with Crippen molar-refractivity contribution in [3.8, 4) is 0 Å². The van der Waals surface area contributed by atoms with E-state index in [1.807, 2.05) is 19.1 Å². The van der Waals surface area contributed by atoms with Gasteiger partial charge in [0.15, 0.2) is 0 Å². The fraction of sp³-hybridized carbons (Fsp3) is 0.467. The second kappa shape index (κ2) is 6.19. The summed E-state index contributed by atoms with van der Waals surface area (Å²) in [5, 5.41) is 0.0476. The Balaban J connectivity index is 1.95. The lowest BCUT2D eigenvalue weighted by atomic mass is 10.0. The van der Waals surface area contributed by atoms with Gasteiger partial charge in [-0.1, -0.05) is 60.9 Å². The molecule has 0 heterocycles. The highest BCUT2D eigenvalue weighted by Gasteiger charge is 2.23. The van der Waals surface area contributed by atoms with Crippen LogP contribution in [0.5, 0.6) is 0 Å². The molecule has 1 aromatic rings. The first-order valence-electron chi connectivity index (χ1n) is 6.49. The minimum absolute atomic E-state index is 0.300. The highest BCUT2D eigenvalue weighted by atomic mass is 32.2. The number of hydrogen-bond acceptors (Lipinski definition) is 3. The summed E-state index contributed by atoms with van der Waals surface area (Å²) in [6.45, 7) is 1.97. The standard InChI is InChI=1S/C15H18O2S/c1-11-7-9-12(10-8-11)14(16)15(17)18-13-5-3-2-4-6-13/h7-10,13H,2-6H2,1H3. The van der Waals surface area contributed by atoms with Gasteiger partial charge in [0.05, 0.1) is 0 Å². The van der Waals surface area contributed by atoms with Gasteiger partial charge in [-0.15, -0.1) is 0 Å². The average Bonchev–Trinajstić information content (AvgIpc) is 2.40. The van der Waals surface area contributed by atoms with E-state index in [0.717, 1.165) is 18.4 Å². The van der Waals surface area contributed by atoms with E-state index in [-0.39, 0.29) is 10.9 Å². The van der Waals surface area contributed by atoms with Gasteiger partial charge >= 0.3 is 0 Å². The quantitative estimate of drug-likeness (QED) is 0.614. The normalized spacial score (nSPS) is 16.5. The van der Waals surface area contributed by atoms with Gasteiger partial charge in [0.2, 0.25) is 5.78 Å². The van der Waals surface area contributed by atoms with E-state index in [9.17, 15) is 9.59 Å². The molecule has 18 heavy (non-hydrogen) atoms. The Morgan fingerprint density at radius 3 is 2.28 bits per heavy atom. The number of aryl methyl sites for hydroxylation is 1. The van der Waals surface area contributed by atoms with Gasteiger partial charge in [-0.2, -0.15) is 0 Å². The van der Waals surface area contributed by atoms with Crippen molar-refractivity contribution in [1.29, 1.82) is 0 Å². The van der Waals surface area contributed by atoms with Crippen molar-refractivity contribution in [3.05, 3.63) is 35.4 Å². The SMILES string of the molecule is Cc1ccc(C(=O)C(=O)SC2CCCCC2)cc1. The summed E-state index contributed by atoms with van der Waals surface area (Å²) >= 11 is 1.24. The van der Waals surface area contributed by atoms with Crippen LogP contribution in [-0.2, 0) is 4.79 Å². The molecule has 1 aromatic carbocycles. The summed E-state index contributed by atoms with van der Waals surface area (Å²) in [6.07, 6.45) is 5.76. The summed E-state index contributed by atoms with van der Waals surface area (Å²) in [6, 6.07) is 7.20. The Labute approximate surface area is 112 Å². The maximum absolute atomic E-state index is 12.0. The number of hydrogen-bond donors (Lipinski definition) is 0. The molecule has 2 rings (SSSR count). The van der Waals surface area contributed by atoms with E-state index in [1.54, 1.807) is 12.1 Å². The molecule has 0 atom stereocenters. The molecular weight excluding hydrogens is 244 g/mol. The molecule has 0 N–H and O–H groups in total. The Bertz CT molecular complexity index is 430. The minimum atomic E-state index is -0.356. The Morgan fingerprint density at radius 2 is 1.67 bits per heavy atom. The van der Waals surface area contributed by atoms with Crippen LogP contribution in [0, 0.1) is 6.92 Å². The van der Waals surface area contributed by atoms with Crippen LogP contribution in [0.3, 0.4) is 0 Å². The lowest BCUT2D eigenvalue weighted by molar-refractivity contribution is -0.107. The predicted molar refractivity (Wildman–Crippen MR) is 75.0 cm³/mol. The van der Waals surface area contributed by atoms with Gasteiger partial charge in [0, 0.05) is 10.8 Å². The van der Waals surface area contributed by atoms with Crippen LogP contribution < -0.4 is 0 Å². The molecule has 0 saturated heterocycles. The number of carbonyl (C=O) groups is 2. The molecule has 0 spiro atoms. The van der Waals surface area contributed by atoms with Crippen LogP contribution >= 0.6 is 11.8 Å². The fourth-order valence-corrected chi connectivity index (χ4v) is 3.31. The Kier molecular flexibility index (Phi) is 4.59. The van der Waals surface area contributed by atoms with Gasteiger partial charge in [-0.25, -0.2) is 0 Å². The number of thioether (sulfide) groups is 1. The van der Waals surface area contributed by atoms with Crippen LogP contribution in [0.25, 0.3) is 0 Å². The van der Waals surface area contributed by atoms with Crippen molar-refractivity contribution in [1.82, 2.24) is 0 Å². The number of benzene rings is 1. The largest absolute Gasteiger partial charge is 0.284 e. The predicted octanol–water partition coefficient (Wildman–Crippen LogP) is 3.77. The van der Waals surface area contributed by atoms with Gasteiger partial charge in [0.1, 0.15) is 0 Å². The monoisotopic (exact) mass is 262 g/mol. The van der Waals surface area contributed by atoms with E-state index in [1.165, 1.54) is 31.0 Å². The highest BCUT2D eigenvalue weighted by molar-refractivity contribution is 8.16. The lowest BCUT2D eigenvalue weighted by Gasteiger charge is -2.19. The van der Waals surface area contributed by atoms with Crippen molar-refractivity contribution in [3.63, 3.8) is 0 Å². The molecule has 1 fully saturated rings. The van der Waals surface area contributed by atoms with Crippen molar-refractivity contribution in [2.75, 3.05) is 0 Å². The highest BCUT2D eigenvalue weighted by Crippen LogP contribution is 2.29. The fourth-order valence-electron chi connectivity index (χ4n) is 2.21. The molecule has 0 unspecified atom stereocenters. The Morgan fingerprint density at radius 1 is 1.06 bits per heavy atom. The van der Waals surface area contributed by atoms with Crippen molar-refractivity contribution in [2.45, 2.75) is 44.3 Å². The molecule has 0 radical (unpaired) electrons. The number of Topliss-reactive ketones (excluding diaryl/α,β-unsaturated/α-hetero) is 1. The molecule has 1 aliphatic carbocycles. The zero-order valence-electron chi connectivity index (χ0n) is 10.6. The topological polar surface area (TPSA) is 34.1 Å². The second-order valence-corrected chi connectivity index (χ2v) is 6.13. The van der Waals surface area contributed by atoms with Crippen molar-refractivity contribution < 1.29 is 9.59 Å². The third kappa shape index (κ3) is 3.45. The molecule has 0 amide bonds. The zero-order valence-corrected chi connectivity index (χ0v) is 11.5. The first kappa shape index (κ1) is 13.3. The van der Waals surface area contributed by atoms with Gasteiger partial charge in [-0.05, 0) is 19.8 Å². The molecule has 3 heteroatoms. The van der Waals surface area contributed by atoms with Crippen LogP contribution in [-0.4, -0.2) is 16.1 Å². The smallest absolute Gasteiger partial charge is 0.260 e. The summed E-state index contributed by atoms with van der Waals surface area (Å²) in [5.74, 6) is -0.356. The van der Waals surface area contributed by atoms with Crippen LogP contribution in [0.15, 0.2) is 24.3 Å². The van der Waals surface area contributed by atoms with E-state index >= 15 is 0 Å². The molecule has 0 aromatic heterocycles. The number of ketones is 1. The number of rotatable bonds is 3. The molecule has 0 bridgehead atoms. The van der Waals surface area contributed by atoms with Crippen LogP contribution in [0.4, 0.5) is 0 Å². The number of carbonyl (C=O) groups excluding carboxylic acids is 2.